The summed E-state index contributed by atoms with van der Waals surface area (Å²) >= 11 is 0. The molecule has 2 unspecified atom stereocenters. The summed E-state index contributed by atoms with van der Waals surface area (Å²) in [6.45, 7) is 5.13. The van der Waals surface area contributed by atoms with Crippen molar-refractivity contribution in [2.24, 2.45) is 0 Å². The van der Waals surface area contributed by atoms with Gasteiger partial charge in [0.05, 0.1) is 11.8 Å². The van der Waals surface area contributed by atoms with Gasteiger partial charge in [-0.2, -0.15) is 0 Å². The molecule has 2 N–H and O–H groups in total. The molecule has 0 heterocycles. The molecule has 0 bridgehead atoms. The van der Waals surface area contributed by atoms with Gasteiger partial charge >= 0.3 is 11.9 Å². The maximum absolute atomic E-state index is 11.1. The second-order valence-corrected chi connectivity index (χ2v) is 4.44. The van der Waals surface area contributed by atoms with Gasteiger partial charge in [-0.3, -0.25) is 9.59 Å². The molecule has 1 aromatic rings. The molecule has 2 atom stereocenters. The van der Waals surface area contributed by atoms with E-state index in [1.807, 2.05) is 13.0 Å². The largest absolute Gasteiger partial charge is 0.481 e. The van der Waals surface area contributed by atoms with Gasteiger partial charge < -0.3 is 10.2 Å². The number of carboxylic acids is 2. The van der Waals surface area contributed by atoms with Crippen LogP contribution in [0, 0.1) is 0 Å². The van der Waals surface area contributed by atoms with Crippen molar-refractivity contribution in [1.29, 1.82) is 0 Å². The van der Waals surface area contributed by atoms with Gasteiger partial charge in [0.1, 0.15) is 0 Å². The third-order valence-corrected chi connectivity index (χ3v) is 3.23. The lowest BCUT2D eigenvalue weighted by Crippen LogP contribution is -2.15. The Morgan fingerprint density at radius 1 is 1.06 bits per heavy atom. The minimum absolute atomic E-state index is 0.578. The fourth-order valence-electron chi connectivity index (χ4n) is 1.88. The first-order chi connectivity index (χ1) is 8.38. The second kappa shape index (κ2) is 5.67. The molecule has 1 rings (SSSR count). The number of carbonyl (C=O) groups is 2. The molecule has 4 heteroatoms. The molecule has 0 aromatic heterocycles. The molecule has 4 nitrogen and oxygen atoms in total. The fraction of sp³-hybridized carbons (Fsp3) is 0.429. The lowest BCUT2D eigenvalue weighted by Gasteiger charge is -2.17. The number of carboxylic acid groups (broad SMARTS) is 2. The van der Waals surface area contributed by atoms with Crippen molar-refractivity contribution in [2.45, 2.75) is 39.0 Å². The third-order valence-electron chi connectivity index (χ3n) is 3.23. The molecular formula is C14H18O4. The average Bonchev–Trinajstić information content (AvgIpc) is 2.35. The van der Waals surface area contributed by atoms with Gasteiger partial charge in [-0.05, 0) is 37.0 Å². The summed E-state index contributed by atoms with van der Waals surface area (Å²) in [4.78, 5) is 22.1. The zero-order valence-electron chi connectivity index (χ0n) is 10.8. The van der Waals surface area contributed by atoms with Crippen molar-refractivity contribution in [2.75, 3.05) is 0 Å². The monoisotopic (exact) mass is 250 g/mol. The Hall–Kier alpha value is -1.84. The van der Waals surface area contributed by atoms with Crippen LogP contribution in [0.2, 0.25) is 0 Å². The third kappa shape index (κ3) is 2.88. The van der Waals surface area contributed by atoms with Crippen LogP contribution in [0.3, 0.4) is 0 Å². The first kappa shape index (κ1) is 14.2. The molecule has 0 aliphatic heterocycles. The van der Waals surface area contributed by atoms with Gasteiger partial charge in [-0.1, -0.05) is 25.1 Å². The van der Waals surface area contributed by atoms with Crippen molar-refractivity contribution in [3.63, 3.8) is 0 Å². The molecule has 0 saturated heterocycles. The van der Waals surface area contributed by atoms with Crippen LogP contribution in [0.15, 0.2) is 18.2 Å². The number of aliphatic carboxylic acids is 2. The molecule has 0 aliphatic rings. The highest BCUT2D eigenvalue weighted by Gasteiger charge is 2.23. The van der Waals surface area contributed by atoms with Crippen molar-refractivity contribution in [3.05, 3.63) is 34.9 Å². The summed E-state index contributed by atoms with van der Waals surface area (Å²) in [7, 11) is 0. The Labute approximate surface area is 106 Å². The van der Waals surface area contributed by atoms with Crippen molar-refractivity contribution < 1.29 is 19.8 Å². The van der Waals surface area contributed by atoms with Crippen LogP contribution in [0.25, 0.3) is 0 Å². The lowest BCUT2D eigenvalue weighted by molar-refractivity contribution is -0.140. The van der Waals surface area contributed by atoms with E-state index in [9.17, 15) is 9.59 Å². The predicted octanol–water partition coefficient (Wildman–Crippen LogP) is 2.63. The molecule has 0 aliphatic carbocycles. The van der Waals surface area contributed by atoms with E-state index in [4.69, 9.17) is 10.2 Å². The van der Waals surface area contributed by atoms with E-state index in [2.05, 4.69) is 0 Å². The topological polar surface area (TPSA) is 74.6 Å². The predicted molar refractivity (Wildman–Crippen MR) is 67.9 cm³/mol. The molecule has 0 saturated carbocycles. The molecule has 0 radical (unpaired) electrons. The quantitative estimate of drug-likeness (QED) is 0.842. The highest BCUT2D eigenvalue weighted by molar-refractivity contribution is 5.80. The summed E-state index contributed by atoms with van der Waals surface area (Å²) < 4.78 is 0. The molecule has 98 valence electrons. The minimum Gasteiger partial charge on any atom is -0.481 e. The second-order valence-electron chi connectivity index (χ2n) is 4.44. The Kier molecular flexibility index (Phi) is 4.48. The van der Waals surface area contributed by atoms with E-state index in [0.29, 0.717) is 11.1 Å². The van der Waals surface area contributed by atoms with Crippen LogP contribution in [-0.2, 0) is 16.0 Å². The van der Waals surface area contributed by atoms with E-state index in [1.54, 1.807) is 26.0 Å². The number of hydrogen-bond donors (Lipinski definition) is 2. The SMILES string of the molecule is CCc1ccc(C(C)C(=O)O)c(C(C)C(=O)O)c1. The van der Waals surface area contributed by atoms with E-state index in [1.165, 1.54) is 0 Å². The molecule has 0 fully saturated rings. The summed E-state index contributed by atoms with van der Waals surface area (Å²) in [5.41, 5.74) is 2.19. The minimum atomic E-state index is -0.946. The smallest absolute Gasteiger partial charge is 0.310 e. The Morgan fingerprint density at radius 2 is 1.56 bits per heavy atom. The maximum atomic E-state index is 11.1. The van der Waals surface area contributed by atoms with E-state index in [-0.39, 0.29) is 0 Å². The van der Waals surface area contributed by atoms with E-state index in [0.717, 1.165) is 12.0 Å². The van der Waals surface area contributed by atoms with E-state index >= 15 is 0 Å². The lowest BCUT2D eigenvalue weighted by atomic mass is 9.87. The maximum Gasteiger partial charge on any atom is 0.310 e. The number of hydrogen-bond acceptors (Lipinski definition) is 2. The van der Waals surface area contributed by atoms with Crippen LogP contribution in [0.5, 0.6) is 0 Å². The van der Waals surface area contributed by atoms with Gasteiger partial charge in [-0.25, -0.2) is 0 Å². The highest BCUT2D eigenvalue weighted by Crippen LogP contribution is 2.28. The van der Waals surface area contributed by atoms with Crippen LogP contribution < -0.4 is 0 Å². The zero-order valence-corrected chi connectivity index (χ0v) is 10.8. The first-order valence-corrected chi connectivity index (χ1v) is 5.96. The summed E-state index contributed by atoms with van der Waals surface area (Å²) in [6, 6.07) is 5.38. The first-order valence-electron chi connectivity index (χ1n) is 5.96. The van der Waals surface area contributed by atoms with Gasteiger partial charge in [0.15, 0.2) is 0 Å². The van der Waals surface area contributed by atoms with Crippen LogP contribution in [0.1, 0.15) is 49.3 Å². The van der Waals surface area contributed by atoms with Gasteiger partial charge in [0.25, 0.3) is 0 Å². The molecule has 18 heavy (non-hydrogen) atoms. The molecule has 0 spiro atoms. The molecular weight excluding hydrogens is 232 g/mol. The number of benzene rings is 1. The zero-order chi connectivity index (χ0) is 13.9. The van der Waals surface area contributed by atoms with Crippen LogP contribution >= 0.6 is 0 Å². The number of rotatable bonds is 5. The average molecular weight is 250 g/mol. The Morgan fingerprint density at radius 3 is 2.00 bits per heavy atom. The standard InChI is InChI=1S/C14H18O4/c1-4-10-5-6-11(8(2)13(15)16)12(7-10)9(3)14(17)18/h5-9H,4H2,1-3H3,(H,15,16)(H,17,18). The number of aryl methyl sites for hydroxylation is 1. The summed E-state index contributed by atoms with van der Waals surface area (Å²) in [5.74, 6) is -3.29. The normalized spacial score (nSPS) is 13.9. The van der Waals surface area contributed by atoms with Gasteiger partial charge in [0.2, 0.25) is 0 Å². The van der Waals surface area contributed by atoms with Crippen LogP contribution in [-0.4, -0.2) is 22.2 Å². The Balaban J connectivity index is 3.33. The van der Waals surface area contributed by atoms with Crippen molar-refractivity contribution in [3.8, 4) is 0 Å². The Bertz CT molecular complexity index is 465. The molecule has 1 aromatic carbocycles. The van der Waals surface area contributed by atoms with Crippen molar-refractivity contribution >= 4 is 11.9 Å². The summed E-state index contributed by atoms with van der Waals surface area (Å²) in [5, 5.41) is 18.2. The van der Waals surface area contributed by atoms with Gasteiger partial charge in [0, 0.05) is 0 Å². The van der Waals surface area contributed by atoms with Crippen molar-refractivity contribution in [1.82, 2.24) is 0 Å². The fourth-order valence-corrected chi connectivity index (χ4v) is 1.88. The van der Waals surface area contributed by atoms with E-state index < -0.39 is 23.8 Å². The van der Waals surface area contributed by atoms with Gasteiger partial charge in [-0.15, -0.1) is 0 Å². The van der Waals surface area contributed by atoms with Crippen LogP contribution in [0.4, 0.5) is 0 Å². The molecule has 0 amide bonds. The highest BCUT2D eigenvalue weighted by atomic mass is 16.4. The summed E-state index contributed by atoms with van der Waals surface area (Å²) in [6.07, 6.45) is 0.793.